The van der Waals surface area contributed by atoms with Crippen molar-refractivity contribution in [1.29, 1.82) is 0 Å². The largest absolute Gasteiger partial charge is 0.372 e. The number of morpholine rings is 1. The maximum atomic E-state index is 5.75. The molecule has 94 valence electrons. The fourth-order valence-electron chi connectivity index (χ4n) is 2.38. The Hall–Kier alpha value is -0.610. The van der Waals surface area contributed by atoms with Crippen LogP contribution in [0.2, 0.25) is 0 Å². The third-order valence-electron chi connectivity index (χ3n) is 2.98. The van der Waals surface area contributed by atoms with Crippen LogP contribution in [-0.4, -0.2) is 30.3 Å². The van der Waals surface area contributed by atoms with Crippen LogP contribution in [0.4, 0.5) is 5.82 Å². The number of hydrogen-bond donors (Lipinski definition) is 0. The summed E-state index contributed by atoms with van der Waals surface area (Å²) in [5.41, 5.74) is 2.46. The molecule has 4 heteroatoms. The van der Waals surface area contributed by atoms with E-state index in [0.29, 0.717) is 0 Å². The zero-order chi connectivity index (χ0) is 12.4. The summed E-state index contributed by atoms with van der Waals surface area (Å²) in [5, 5.41) is 0.858. The topological polar surface area (TPSA) is 25.4 Å². The highest BCUT2D eigenvalue weighted by Gasteiger charge is 2.24. The number of ether oxygens (including phenoxy) is 1. The van der Waals surface area contributed by atoms with Gasteiger partial charge in [-0.05, 0) is 31.9 Å². The van der Waals surface area contributed by atoms with E-state index in [0.717, 1.165) is 24.2 Å². The fourth-order valence-corrected chi connectivity index (χ4v) is 2.69. The Morgan fingerprint density at radius 1 is 1.41 bits per heavy atom. The van der Waals surface area contributed by atoms with Gasteiger partial charge in [-0.1, -0.05) is 22.0 Å². The van der Waals surface area contributed by atoms with E-state index >= 15 is 0 Å². The van der Waals surface area contributed by atoms with Crippen molar-refractivity contribution in [3.05, 3.63) is 23.4 Å². The van der Waals surface area contributed by atoms with Crippen LogP contribution >= 0.6 is 15.9 Å². The SMILES string of the molecule is Cc1cc(CBr)cnc1N1CC(C)OC(C)C1. The summed E-state index contributed by atoms with van der Waals surface area (Å²) in [5.74, 6) is 1.09. The molecule has 0 aromatic carbocycles. The molecule has 2 atom stereocenters. The minimum absolute atomic E-state index is 0.274. The number of halogens is 1. The van der Waals surface area contributed by atoms with Crippen molar-refractivity contribution in [3.63, 3.8) is 0 Å². The van der Waals surface area contributed by atoms with Crippen LogP contribution in [0.25, 0.3) is 0 Å². The van der Waals surface area contributed by atoms with Gasteiger partial charge in [0.1, 0.15) is 5.82 Å². The van der Waals surface area contributed by atoms with Crippen molar-refractivity contribution in [1.82, 2.24) is 4.98 Å². The summed E-state index contributed by atoms with van der Waals surface area (Å²) >= 11 is 3.46. The summed E-state index contributed by atoms with van der Waals surface area (Å²) < 4.78 is 5.75. The molecule has 2 unspecified atom stereocenters. The molecule has 0 bridgehead atoms. The number of rotatable bonds is 2. The first kappa shape index (κ1) is 12.8. The summed E-state index contributed by atoms with van der Waals surface area (Å²) in [6.07, 6.45) is 2.49. The maximum absolute atomic E-state index is 5.75. The molecule has 0 spiro atoms. The number of aromatic nitrogens is 1. The molecule has 3 nitrogen and oxygen atoms in total. The molecule has 0 radical (unpaired) electrons. The van der Waals surface area contributed by atoms with Crippen LogP contribution in [0.3, 0.4) is 0 Å². The Bertz CT molecular complexity index is 387. The molecule has 1 fully saturated rings. The lowest BCUT2D eigenvalue weighted by Gasteiger charge is -2.36. The molecule has 0 saturated carbocycles. The second-order valence-electron chi connectivity index (χ2n) is 4.78. The van der Waals surface area contributed by atoms with E-state index in [9.17, 15) is 0 Å². The van der Waals surface area contributed by atoms with Crippen molar-refractivity contribution in [3.8, 4) is 0 Å². The molecule has 17 heavy (non-hydrogen) atoms. The van der Waals surface area contributed by atoms with Gasteiger partial charge in [0.15, 0.2) is 0 Å². The standard InChI is InChI=1S/C13H19BrN2O/c1-9-4-12(5-14)6-15-13(9)16-7-10(2)17-11(3)8-16/h4,6,10-11H,5,7-8H2,1-3H3. The van der Waals surface area contributed by atoms with Gasteiger partial charge in [0.2, 0.25) is 0 Å². The number of alkyl halides is 1. The van der Waals surface area contributed by atoms with Gasteiger partial charge in [-0.25, -0.2) is 4.98 Å². The molecule has 0 aliphatic carbocycles. The van der Waals surface area contributed by atoms with Crippen molar-refractivity contribution in [2.75, 3.05) is 18.0 Å². The molecule has 1 aliphatic rings. The Morgan fingerprint density at radius 3 is 2.59 bits per heavy atom. The van der Waals surface area contributed by atoms with Gasteiger partial charge >= 0.3 is 0 Å². The van der Waals surface area contributed by atoms with Gasteiger partial charge in [-0.2, -0.15) is 0 Å². The Kier molecular flexibility index (Phi) is 4.05. The second-order valence-corrected chi connectivity index (χ2v) is 5.34. The molecule has 0 N–H and O–H groups in total. The summed E-state index contributed by atoms with van der Waals surface area (Å²) in [6, 6.07) is 2.20. The normalized spacial score (nSPS) is 25.1. The van der Waals surface area contributed by atoms with E-state index in [1.165, 1.54) is 11.1 Å². The lowest BCUT2D eigenvalue weighted by molar-refractivity contribution is -0.00549. The fraction of sp³-hybridized carbons (Fsp3) is 0.615. The third-order valence-corrected chi connectivity index (χ3v) is 3.63. The number of pyridine rings is 1. The average Bonchev–Trinajstić information content (AvgIpc) is 2.27. The maximum Gasteiger partial charge on any atom is 0.131 e. The highest BCUT2D eigenvalue weighted by atomic mass is 79.9. The first-order valence-corrected chi connectivity index (χ1v) is 7.14. The zero-order valence-corrected chi connectivity index (χ0v) is 12.2. The quantitative estimate of drug-likeness (QED) is 0.785. The van der Waals surface area contributed by atoms with Gasteiger partial charge in [0.05, 0.1) is 12.2 Å². The predicted octanol–water partition coefficient (Wildman–Crippen LogP) is 2.90. The minimum atomic E-state index is 0.274. The van der Waals surface area contributed by atoms with Gasteiger partial charge in [0.25, 0.3) is 0 Å². The lowest BCUT2D eigenvalue weighted by Crippen LogP contribution is -2.46. The van der Waals surface area contributed by atoms with E-state index < -0.39 is 0 Å². The molecule has 1 aromatic heterocycles. The first-order valence-electron chi connectivity index (χ1n) is 6.02. The monoisotopic (exact) mass is 298 g/mol. The van der Waals surface area contributed by atoms with Gasteiger partial charge in [-0.3, -0.25) is 0 Å². The number of nitrogens with zero attached hydrogens (tertiary/aromatic N) is 2. The van der Waals surface area contributed by atoms with E-state index in [4.69, 9.17) is 4.74 Å². The molecular formula is C13H19BrN2O. The smallest absolute Gasteiger partial charge is 0.131 e. The van der Waals surface area contributed by atoms with Crippen LogP contribution in [0.1, 0.15) is 25.0 Å². The van der Waals surface area contributed by atoms with Crippen LogP contribution in [0, 0.1) is 6.92 Å². The molecule has 0 amide bonds. The van der Waals surface area contributed by atoms with E-state index in [1.54, 1.807) is 0 Å². The van der Waals surface area contributed by atoms with E-state index in [2.05, 4.69) is 52.7 Å². The first-order chi connectivity index (χ1) is 8.10. The average molecular weight is 299 g/mol. The van der Waals surface area contributed by atoms with Crippen molar-refractivity contribution < 1.29 is 4.74 Å². The summed E-state index contributed by atoms with van der Waals surface area (Å²) in [6.45, 7) is 8.20. The molecular weight excluding hydrogens is 280 g/mol. The van der Waals surface area contributed by atoms with Gasteiger partial charge < -0.3 is 9.64 Å². The van der Waals surface area contributed by atoms with Crippen LogP contribution in [-0.2, 0) is 10.1 Å². The molecule has 1 aliphatic heterocycles. The van der Waals surface area contributed by atoms with Crippen molar-refractivity contribution in [2.45, 2.75) is 38.3 Å². The van der Waals surface area contributed by atoms with Crippen molar-refractivity contribution in [2.24, 2.45) is 0 Å². The molecule has 2 rings (SSSR count). The second kappa shape index (κ2) is 5.36. The Balaban J connectivity index is 2.21. The van der Waals surface area contributed by atoms with Crippen LogP contribution < -0.4 is 4.90 Å². The van der Waals surface area contributed by atoms with Crippen LogP contribution in [0.15, 0.2) is 12.3 Å². The Labute approximate surface area is 111 Å². The summed E-state index contributed by atoms with van der Waals surface area (Å²) in [4.78, 5) is 6.91. The minimum Gasteiger partial charge on any atom is -0.372 e. The van der Waals surface area contributed by atoms with E-state index in [-0.39, 0.29) is 12.2 Å². The number of anilines is 1. The number of hydrogen-bond acceptors (Lipinski definition) is 3. The highest BCUT2D eigenvalue weighted by Crippen LogP contribution is 2.23. The summed E-state index contributed by atoms with van der Waals surface area (Å²) in [7, 11) is 0. The van der Waals surface area contributed by atoms with Gasteiger partial charge in [0, 0.05) is 24.6 Å². The van der Waals surface area contributed by atoms with Crippen molar-refractivity contribution >= 4 is 21.7 Å². The highest BCUT2D eigenvalue weighted by molar-refractivity contribution is 9.08. The Morgan fingerprint density at radius 2 is 2.06 bits per heavy atom. The third kappa shape index (κ3) is 2.99. The van der Waals surface area contributed by atoms with Gasteiger partial charge in [-0.15, -0.1) is 0 Å². The molecule has 1 aromatic rings. The number of aryl methyl sites for hydroxylation is 1. The predicted molar refractivity (Wildman–Crippen MR) is 73.8 cm³/mol. The zero-order valence-electron chi connectivity index (χ0n) is 10.6. The molecule has 2 heterocycles. The molecule has 1 saturated heterocycles. The lowest BCUT2D eigenvalue weighted by atomic mass is 10.1. The van der Waals surface area contributed by atoms with E-state index in [1.807, 2.05) is 6.20 Å². The van der Waals surface area contributed by atoms with Crippen LogP contribution in [0.5, 0.6) is 0 Å².